The molecule has 0 aliphatic heterocycles. The van der Waals surface area contributed by atoms with Crippen molar-refractivity contribution in [2.24, 2.45) is 5.41 Å². The summed E-state index contributed by atoms with van der Waals surface area (Å²) in [4.78, 5) is 30.2. The Bertz CT molecular complexity index is 869. The Labute approximate surface area is 133 Å². The molecule has 1 aromatic heterocycles. The number of carbonyl (C=O) groups is 2. The fraction of sp³-hybridized carbons (Fsp3) is 0.350. The molecular formula is C20H15NO2. The summed E-state index contributed by atoms with van der Waals surface area (Å²) in [7, 11) is 0. The highest BCUT2D eigenvalue weighted by molar-refractivity contribution is 6.15. The number of carbonyl (C=O) groups excluding carboxylic acids is 2. The van der Waals surface area contributed by atoms with Crippen LogP contribution < -0.4 is 0 Å². The molecular weight excluding hydrogens is 286 g/mol. The number of fused-ring (bicyclic) bond motifs is 3. The van der Waals surface area contributed by atoms with E-state index in [0.29, 0.717) is 25.7 Å². The molecule has 3 bridgehead atoms. The van der Waals surface area contributed by atoms with Gasteiger partial charge in [0.2, 0.25) is 0 Å². The second-order valence-electron chi connectivity index (χ2n) is 7.74. The third-order valence-electron chi connectivity index (χ3n) is 7.14. The molecule has 1 aromatic carbocycles. The van der Waals surface area contributed by atoms with Gasteiger partial charge in [-0.25, -0.2) is 0 Å². The minimum absolute atomic E-state index is 0.171. The van der Waals surface area contributed by atoms with Crippen LogP contribution in [0, 0.1) is 5.41 Å². The highest BCUT2D eigenvalue weighted by atomic mass is 16.2. The van der Waals surface area contributed by atoms with E-state index in [1.54, 1.807) is 0 Å². The first-order chi connectivity index (χ1) is 11.1. The Morgan fingerprint density at radius 1 is 0.826 bits per heavy atom. The van der Waals surface area contributed by atoms with Gasteiger partial charge in [0.1, 0.15) is 11.6 Å². The largest absolute Gasteiger partial charge is 0.299 e. The summed E-state index contributed by atoms with van der Waals surface area (Å²) >= 11 is 0. The zero-order valence-corrected chi connectivity index (χ0v) is 12.6. The molecule has 4 aliphatic carbocycles. The highest BCUT2D eigenvalue weighted by Crippen LogP contribution is 2.78. The van der Waals surface area contributed by atoms with Crippen LogP contribution in [-0.2, 0) is 20.4 Å². The summed E-state index contributed by atoms with van der Waals surface area (Å²) in [5.41, 5.74) is 3.49. The smallest absolute Gasteiger partial charge is 0.147 e. The molecule has 112 valence electrons. The van der Waals surface area contributed by atoms with Gasteiger partial charge < -0.3 is 0 Å². The van der Waals surface area contributed by atoms with Gasteiger partial charge in [0.05, 0.1) is 11.1 Å². The van der Waals surface area contributed by atoms with Gasteiger partial charge in [0, 0.05) is 35.4 Å². The predicted octanol–water partition coefficient (Wildman–Crippen LogP) is 2.96. The second kappa shape index (κ2) is 3.30. The van der Waals surface area contributed by atoms with Gasteiger partial charge in [-0.3, -0.25) is 14.6 Å². The average Bonchev–Trinajstić information content (AvgIpc) is 3.14. The van der Waals surface area contributed by atoms with Crippen LogP contribution in [0.4, 0.5) is 0 Å². The van der Waals surface area contributed by atoms with E-state index in [4.69, 9.17) is 0 Å². The van der Waals surface area contributed by atoms with E-state index in [1.807, 2.05) is 18.3 Å². The molecule has 0 radical (unpaired) electrons. The standard InChI is InChI=1S/C20H15NO2/c22-15-8-19-10-18(15)11-20(19,9-16(18)23)14-6-3-7-21-17(14)12-4-1-2-5-13(12)19/h1-7H,8-11H2. The number of pyridine rings is 1. The van der Waals surface area contributed by atoms with Gasteiger partial charge in [-0.1, -0.05) is 30.3 Å². The fourth-order valence-corrected chi connectivity index (χ4v) is 6.34. The number of rotatable bonds is 0. The molecule has 2 aromatic rings. The summed E-state index contributed by atoms with van der Waals surface area (Å²) in [5, 5.41) is 0. The topological polar surface area (TPSA) is 47.0 Å². The lowest BCUT2D eigenvalue weighted by molar-refractivity contribution is -0.136. The lowest BCUT2D eigenvalue weighted by Gasteiger charge is -2.49. The zero-order valence-electron chi connectivity index (χ0n) is 12.6. The maximum atomic E-state index is 12.8. The third kappa shape index (κ3) is 0.998. The normalized spacial score (nSPS) is 38.4. The number of ketones is 2. The zero-order chi connectivity index (χ0) is 15.4. The number of nitrogens with zero attached hydrogens (tertiary/aromatic N) is 1. The molecule has 0 N–H and O–H groups in total. The molecule has 3 nitrogen and oxygen atoms in total. The van der Waals surface area contributed by atoms with Gasteiger partial charge in [-0.05, 0) is 30.0 Å². The fourth-order valence-electron chi connectivity index (χ4n) is 6.34. The Hall–Kier alpha value is -2.29. The molecule has 23 heavy (non-hydrogen) atoms. The first kappa shape index (κ1) is 12.2. The van der Waals surface area contributed by atoms with Gasteiger partial charge in [0.25, 0.3) is 0 Å². The molecule has 4 aliphatic rings. The molecule has 0 saturated heterocycles. The minimum Gasteiger partial charge on any atom is -0.299 e. The number of hydrogen-bond donors (Lipinski definition) is 0. The predicted molar refractivity (Wildman–Crippen MR) is 83.9 cm³/mol. The lowest BCUT2D eigenvalue weighted by Crippen LogP contribution is -2.48. The molecule has 3 saturated carbocycles. The maximum Gasteiger partial charge on any atom is 0.147 e. The van der Waals surface area contributed by atoms with Crippen molar-refractivity contribution in [2.75, 3.05) is 0 Å². The van der Waals surface area contributed by atoms with Gasteiger partial charge in [0.15, 0.2) is 0 Å². The average molecular weight is 301 g/mol. The summed E-state index contributed by atoms with van der Waals surface area (Å²) < 4.78 is 0. The van der Waals surface area contributed by atoms with Crippen molar-refractivity contribution in [3.63, 3.8) is 0 Å². The Morgan fingerprint density at radius 3 is 2.26 bits per heavy atom. The van der Waals surface area contributed by atoms with E-state index >= 15 is 0 Å². The maximum absolute atomic E-state index is 12.8. The molecule has 6 rings (SSSR count). The van der Waals surface area contributed by atoms with Crippen molar-refractivity contribution in [2.45, 2.75) is 36.5 Å². The van der Waals surface area contributed by atoms with E-state index in [9.17, 15) is 9.59 Å². The van der Waals surface area contributed by atoms with Crippen LogP contribution in [0.15, 0.2) is 42.6 Å². The summed E-state index contributed by atoms with van der Waals surface area (Å²) in [5.74, 6) is 0.350. The lowest BCUT2D eigenvalue weighted by atomic mass is 9.52. The monoisotopic (exact) mass is 301 g/mol. The Kier molecular flexibility index (Phi) is 1.75. The summed E-state index contributed by atoms with van der Waals surface area (Å²) in [6, 6.07) is 12.5. The number of hydrogen-bond acceptors (Lipinski definition) is 3. The van der Waals surface area contributed by atoms with Crippen LogP contribution in [0.1, 0.15) is 36.8 Å². The number of benzene rings is 1. The van der Waals surface area contributed by atoms with Crippen molar-refractivity contribution in [3.05, 3.63) is 53.7 Å². The van der Waals surface area contributed by atoms with Crippen LogP contribution in [0.5, 0.6) is 0 Å². The van der Waals surface area contributed by atoms with Crippen molar-refractivity contribution in [1.29, 1.82) is 0 Å². The van der Waals surface area contributed by atoms with Gasteiger partial charge in [-0.15, -0.1) is 0 Å². The van der Waals surface area contributed by atoms with Crippen molar-refractivity contribution < 1.29 is 9.59 Å². The highest BCUT2D eigenvalue weighted by Gasteiger charge is 2.80. The Balaban J connectivity index is 1.80. The van der Waals surface area contributed by atoms with Crippen LogP contribution in [0.2, 0.25) is 0 Å². The quantitative estimate of drug-likeness (QED) is 0.703. The molecule has 3 unspecified atom stereocenters. The molecule has 1 heterocycles. The first-order valence-corrected chi connectivity index (χ1v) is 8.25. The van der Waals surface area contributed by atoms with E-state index in [0.717, 1.165) is 11.3 Å². The van der Waals surface area contributed by atoms with E-state index < -0.39 is 5.41 Å². The summed E-state index contributed by atoms with van der Waals surface area (Å²) in [6.07, 6.45) is 4.26. The van der Waals surface area contributed by atoms with Crippen molar-refractivity contribution in [1.82, 2.24) is 4.98 Å². The number of aromatic nitrogens is 1. The van der Waals surface area contributed by atoms with Gasteiger partial charge in [-0.2, -0.15) is 0 Å². The van der Waals surface area contributed by atoms with E-state index in [2.05, 4.69) is 29.2 Å². The SMILES string of the molecule is O=C1CC23CC14CC2(CC4=O)c1cccnc1-c1ccccc13. The molecule has 3 atom stereocenters. The second-order valence-corrected chi connectivity index (χ2v) is 7.74. The minimum atomic E-state index is -0.704. The number of Topliss-reactive ketones (excluding diaryl/α,β-unsaturated/α-hetero) is 2. The summed E-state index contributed by atoms with van der Waals surface area (Å²) in [6.45, 7) is 0. The van der Waals surface area contributed by atoms with Crippen molar-refractivity contribution in [3.8, 4) is 11.3 Å². The van der Waals surface area contributed by atoms with Crippen LogP contribution in [-0.4, -0.2) is 16.6 Å². The van der Waals surface area contributed by atoms with E-state index in [1.165, 1.54) is 11.1 Å². The Morgan fingerprint density at radius 2 is 1.48 bits per heavy atom. The van der Waals surface area contributed by atoms with Crippen LogP contribution >= 0.6 is 0 Å². The van der Waals surface area contributed by atoms with E-state index in [-0.39, 0.29) is 22.4 Å². The molecule has 0 amide bonds. The van der Waals surface area contributed by atoms with Gasteiger partial charge >= 0.3 is 0 Å². The molecule has 3 fully saturated rings. The van der Waals surface area contributed by atoms with Crippen molar-refractivity contribution >= 4 is 11.6 Å². The molecule has 3 heteroatoms. The molecule has 3 spiro atoms. The van der Waals surface area contributed by atoms with Crippen LogP contribution in [0.25, 0.3) is 11.3 Å². The van der Waals surface area contributed by atoms with Crippen LogP contribution in [0.3, 0.4) is 0 Å². The third-order valence-corrected chi connectivity index (χ3v) is 7.14. The first-order valence-electron chi connectivity index (χ1n) is 8.25.